The minimum absolute atomic E-state index is 0.190. The third-order valence-electron chi connectivity index (χ3n) is 1.85. The number of hydrogen-bond donors (Lipinski definition) is 5. The van der Waals surface area contributed by atoms with Crippen molar-refractivity contribution in [2.75, 3.05) is 13.1 Å². The van der Waals surface area contributed by atoms with Gasteiger partial charge in [0.05, 0.1) is 12.2 Å². The van der Waals surface area contributed by atoms with Crippen LogP contribution in [0.2, 0.25) is 0 Å². The van der Waals surface area contributed by atoms with E-state index < -0.39 is 24.4 Å². The summed E-state index contributed by atoms with van der Waals surface area (Å²) < 4.78 is 0. The zero-order valence-electron chi connectivity index (χ0n) is 6.01. The molecule has 1 heterocycles. The van der Waals surface area contributed by atoms with E-state index in [4.69, 9.17) is 20.4 Å². The van der Waals surface area contributed by atoms with Crippen molar-refractivity contribution >= 4 is 0 Å². The number of nitrogens with one attached hydrogen (secondary N) is 1. The average Bonchev–Trinajstić information content (AvgIpc) is 2.07. The molecule has 0 aromatic heterocycles. The molecule has 1 rings (SSSR count). The van der Waals surface area contributed by atoms with Crippen LogP contribution in [0.1, 0.15) is 0 Å². The summed E-state index contributed by atoms with van der Waals surface area (Å²) >= 11 is 0. The fourth-order valence-corrected chi connectivity index (χ4v) is 1.08. The lowest BCUT2D eigenvalue weighted by atomic mass is 10.1. The van der Waals surface area contributed by atoms with Crippen molar-refractivity contribution in [1.29, 1.82) is 0 Å². The van der Waals surface area contributed by atoms with Gasteiger partial charge in [0.15, 0.2) is 0 Å². The number of aliphatic hydroxyl groups excluding tert-OH is 4. The fraction of sp³-hybridized carbons (Fsp3) is 1.00. The van der Waals surface area contributed by atoms with Gasteiger partial charge in [-0.05, 0) is 0 Å². The van der Waals surface area contributed by atoms with Crippen molar-refractivity contribution < 1.29 is 20.4 Å². The Kier molecular flexibility index (Phi) is 2.80. The second-order valence-corrected chi connectivity index (χ2v) is 2.77. The van der Waals surface area contributed by atoms with E-state index in [-0.39, 0.29) is 13.1 Å². The standard InChI is InChI=1S/C6H13NO4/c8-3-1-7-2-4(9)6(11)5(3)10/h3-11H,1-2H2/t3-,4-,5-,6-/m1/s1. The molecule has 0 amide bonds. The Morgan fingerprint density at radius 2 is 1.18 bits per heavy atom. The largest absolute Gasteiger partial charge is 0.389 e. The molecular formula is C6H13NO4. The second-order valence-electron chi connectivity index (χ2n) is 2.77. The van der Waals surface area contributed by atoms with Gasteiger partial charge in [-0.15, -0.1) is 0 Å². The third kappa shape index (κ3) is 1.88. The first kappa shape index (κ1) is 8.89. The molecule has 0 aromatic carbocycles. The maximum absolute atomic E-state index is 9.10. The maximum Gasteiger partial charge on any atom is 0.110 e. The van der Waals surface area contributed by atoms with E-state index in [0.717, 1.165) is 0 Å². The third-order valence-corrected chi connectivity index (χ3v) is 1.85. The normalized spacial score (nSPS) is 46.9. The van der Waals surface area contributed by atoms with Crippen LogP contribution >= 0.6 is 0 Å². The zero-order chi connectivity index (χ0) is 8.43. The quantitative estimate of drug-likeness (QED) is 0.263. The molecule has 0 aliphatic carbocycles. The van der Waals surface area contributed by atoms with Crippen LogP contribution in [0.15, 0.2) is 0 Å². The Morgan fingerprint density at radius 3 is 1.55 bits per heavy atom. The van der Waals surface area contributed by atoms with Crippen LogP contribution in [0.5, 0.6) is 0 Å². The van der Waals surface area contributed by atoms with Gasteiger partial charge >= 0.3 is 0 Å². The van der Waals surface area contributed by atoms with Gasteiger partial charge in [0, 0.05) is 13.1 Å². The maximum atomic E-state index is 9.10. The van der Waals surface area contributed by atoms with Gasteiger partial charge in [-0.1, -0.05) is 0 Å². The van der Waals surface area contributed by atoms with E-state index in [1.165, 1.54) is 0 Å². The summed E-state index contributed by atoms with van der Waals surface area (Å²) in [5.74, 6) is 0. The van der Waals surface area contributed by atoms with Gasteiger partial charge < -0.3 is 25.7 Å². The van der Waals surface area contributed by atoms with E-state index >= 15 is 0 Å². The summed E-state index contributed by atoms with van der Waals surface area (Å²) in [5.41, 5.74) is 0. The minimum Gasteiger partial charge on any atom is -0.389 e. The first-order valence-corrected chi connectivity index (χ1v) is 3.56. The number of aliphatic hydroxyl groups is 4. The fourth-order valence-electron chi connectivity index (χ4n) is 1.08. The molecule has 0 bridgehead atoms. The molecule has 11 heavy (non-hydrogen) atoms. The molecule has 0 saturated carbocycles. The van der Waals surface area contributed by atoms with Gasteiger partial charge in [0.2, 0.25) is 0 Å². The van der Waals surface area contributed by atoms with E-state index in [1.54, 1.807) is 0 Å². The first-order chi connectivity index (χ1) is 5.13. The highest BCUT2D eigenvalue weighted by Gasteiger charge is 2.32. The van der Waals surface area contributed by atoms with E-state index in [1.807, 2.05) is 0 Å². The number of rotatable bonds is 0. The topological polar surface area (TPSA) is 93.0 Å². The lowest BCUT2D eigenvalue weighted by Gasteiger charge is -2.21. The van der Waals surface area contributed by atoms with Gasteiger partial charge in [-0.2, -0.15) is 0 Å². The molecule has 5 N–H and O–H groups in total. The van der Waals surface area contributed by atoms with E-state index in [0.29, 0.717) is 0 Å². The Morgan fingerprint density at radius 1 is 0.818 bits per heavy atom. The lowest BCUT2D eigenvalue weighted by molar-refractivity contribution is -0.0894. The molecule has 4 atom stereocenters. The molecule has 1 fully saturated rings. The van der Waals surface area contributed by atoms with Crippen LogP contribution in [-0.4, -0.2) is 57.9 Å². The highest BCUT2D eigenvalue weighted by Crippen LogP contribution is 2.07. The Hall–Kier alpha value is -0.200. The van der Waals surface area contributed by atoms with E-state index in [9.17, 15) is 0 Å². The van der Waals surface area contributed by atoms with Crippen LogP contribution in [0.3, 0.4) is 0 Å². The first-order valence-electron chi connectivity index (χ1n) is 3.56. The van der Waals surface area contributed by atoms with Crippen molar-refractivity contribution in [3.63, 3.8) is 0 Å². The van der Waals surface area contributed by atoms with Gasteiger partial charge in [-0.25, -0.2) is 0 Å². The van der Waals surface area contributed by atoms with Crippen LogP contribution < -0.4 is 5.32 Å². The Bertz CT molecular complexity index is 118. The van der Waals surface area contributed by atoms with Crippen molar-refractivity contribution in [2.24, 2.45) is 0 Å². The molecule has 66 valence electrons. The molecule has 1 aliphatic rings. The van der Waals surface area contributed by atoms with Crippen molar-refractivity contribution in [3.8, 4) is 0 Å². The highest BCUT2D eigenvalue weighted by atomic mass is 16.4. The number of β-amino-alcohol motifs (C(OH)–C–C–N with tert-alkyl or cyclic N) is 2. The summed E-state index contributed by atoms with van der Waals surface area (Å²) in [5, 5.41) is 39.0. The van der Waals surface area contributed by atoms with Gasteiger partial charge in [-0.3, -0.25) is 0 Å². The molecule has 0 radical (unpaired) electrons. The van der Waals surface area contributed by atoms with Crippen LogP contribution in [0.25, 0.3) is 0 Å². The molecule has 0 spiro atoms. The summed E-state index contributed by atoms with van der Waals surface area (Å²) in [6.45, 7) is 0.380. The van der Waals surface area contributed by atoms with E-state index in [2.05, 4.69) is 5.32 Å². The predicted molar refractivity (Wildman–Crippen MR) is 36.9 cm³/mol. The molecular weight excluding hydrogens is 150 g/mol. The second kappa shape index (κ2) is 3.46. The highest BCUT2D eigenvalue weighted by molar-refractivity contribution is 4.86. The Balaban J connectivity index is 2.58. The Labute approximate surface area is 64.3 Å². The molecule has 0 unspecified atom stereocenters. The van der Waals surface area contributed by atoms with Crippen LogP contribution in [-0.2, 0) is 0 Å². The van der Waals surface area contributed by atoms with Gasteiger partial charge in [0.1, 0.15) is 12.2 Å². The molecule has 1 saturated heterocycles. The SMILES string of the molecule is O[C@H]1[C@H](O)[C@H](O)CNC[C@H]1O. The summed E-state index contributed by atoms with van der Waals surface area (Å²) in [7, 11) is 0. The van der Waals surface area contributed by atoms with Crippen molar-refractivity contribution in [2.45, 2.75) is 24.4 Å². The van der Waals surface area contributed by atoms with Crippen LogP contribution in [0.4, 0.5) is 0 Å². The molecule has 5 heteroatoms. The van der Waals surface area contributed by atoms with Crippen molar-refractivity contribution in [3.05, 3.63) is 0 Å². The van der Waals surface area contributed by atoms with Crippen LogP contribution in [0, 0.1) is 0 Å². The summed E-state index contributed by atoms with van der Waals surface area (Å²) in [6.07, 6.45) is -4.55. The molecule has 5 nitrogen and oxygen atoms in total. The lowest BCUT2D eigenvalue weighted by Crippen LogP contribution is -2.43. The average molecular weight is 163 g/mol. The predicted octanol–water partition coefficient (Wildman–Crippen LogP) is -2.97. The number of hydrogen-bond acceptors (Lipinski definition) is 5. The molecule has 1 aliphatic heterocycles. The van der Waals surface area contributed by atoms with Crippen molar-refractivity contribution in [1.82, 2.24) is 5.32 Å². The molecule has 0 aromatic rings. The van der Waals surface area contributed by atoms with Gasteiger partial charge in [0.25, 0.3) is 0 Å². The smallest absolute Gasteiger partial charge is 0.110 e. The summed E-state index contributed by atoms with van der Waals surface area (Å²) in [6, 6.07) is 0. The monoisotopic (exact) mass is 163 g/mol. The minimum atomic E-state index is -1.26. The zero-order valence-corrected chi connectivity index (χ0v) is 6.01. The summed E-state index contributed by atoms with van der Waals surface area (Å²) in [4.78, 5) is 0.